The third-order valence-corrected chi connectivity index (χ3v) is 4.02. The highest BCUT2D eigenvalue weighted by molar-refractivity contribution is 6.06. The van der Waals surface area contributed by atoms with E-state index in [0.717, 1.165) is 26.2 Å². The lowest BCUT2D eigenvalue weighted by molar-refractivity contribution is -0.132. The predicted molar refractivity (Wildman–Crippen MR) is 88.5 cm³/mol. The number of nitrogens with one attached hydrogen (secondary N) is 2. The molecule has 2 aliphatic heterocycles. The fraction of sp³-hybridized carbons (Fsp3) is 0.786. The van der Waals surface area contributed by atoms with E-state index in [-0.39, 0.29) is 30.3 Å². The number of carbonyl (C=O) groups is 3. The lowest BCUT2D eigenvalue weighted by Gasteiger charge is -2.29. The van der Waals surface area contributed by atoms with Crippen molar-refractivity contribution in [3.05, 3.63) is 0 Å². The first-order chi connectivity index (χ1) is 10.3. The van der Waals surface area contributed by atoms with Gasteiger partial charge in [0.25, 0.3) is 5.91 Å². The molecule has 9 heteroatoms. The Morgan fingerprint density at radius 2 is 1.87 bits per heavy atom. The average molecular weight is 348 g/mol. The molecule has 2 heterocycles. The number of hydrogen-bond acceptors (Lipinski definition) is 5. The monoisotopic (exact) mass is 347 g/mol. The van der Waals surface area contributed by atoms with Gasteiger partial charge in [-0.05, 0) is 20.9 Å². The van der Waals surface area contributed by atoms with E-state index < -0.39 is 5.54 Å². The van der Waals surface area contributed by atoms with E-state index in [4.69, 9.17) is 0 Å². The van der Waals surface area contributed by atoms with Crippen LogP contribution in [0.4, 0.5) is 4.79 Å². The van der Waals surface area contributed by atoms with Gasteiger partial charge in [-0.1, -0.05) is 0 Å². The number of amides is 4. The lowest BCUT2D eigenvalue weighted by Crippen LogP contribution is -2.49. The van der Waals surface area contributed by atoms with Gasteiger partial charge >= 0.3 is 6.03 Å². The normalized spacial score (nSPS) is 20.5. The summed E-state index contributed by atoms with van der Waals surface area (Å²) in [6, 6.07) is -0.364. The molecule has 2 rings (SSSR count). The molecule has 0 spiro atoms. The largest absolute Gasteiger partial charge is 0.339 e. The molecule has 0 aromatic carbocycles. The Bertz CT molecular complexity index is 465. The van der Waals surface area contributed by atoms with E-state index in [1.807, 2.05) is 16.8 Å². The van der Waals surface area contributed by atoms with Gasteiger partial charge in [-0.25, -0.2) is 4.79 Å². The predicted octanol–water partition coefficient (Wildman–Crippen LogP) is -0.898. The van der Waals surface area contributed by atoms with Crippen LogP contribution in [-0.4, -0.2) is 90.9 Å². The topological polar surface area (TPSA) is 85.0 Å². The SMILES string of the molecule is CN(CCN1C(=O)NC(C)(C)C1=O)CC(=O)N1CCNCC1.Cl. The van der Waals surface area contributed by atoms with Crippen molar-refractivity contribution in [3.8, 4) is 0 Å². The number of nitrogens with zero attached hydrogens (tertiary/aromatic N) is 3. The van der Waals surface area contributed by atoms with Gasteiger partial charge in [-0.3, -0.25) is 19.4 Å². The molecule has 0 radical (unpaired) electrons. The Morgan fingerprint density at radius 3 is 2.39 bits per heavy atom. The molecule has 4 amide bonds. The number of piperazine rings is 1. The molecule has 0 aromatic rings. The average Bonchev–Trinajstić information content (AvgIpc) is 2.66. The van der Waals surface area contributed by atoms with Crippen LogP contribution in [0.5, 0.6) is 0 Å². The second-order valence-electron chi connectivity index (χ2n) is 6.38. The van der Waals surface area contributed by atoms with Crippen LogP contribution in [0.15, 0.2) is 0 Å². The summed E-state index contributed by atoms with van der Waals surface area (Å²) in [4.78, 5) is 40.9. The zero-order valence-electron chi connectivity index (χ0n) is 13.9. The molecule has 8 nitrogen and oxygen atoms in total. The second-order valence-corrected chi connectivity index (χ2v) is 6.38. The van der Waals surface area contributed by atoms with Crippen LogP contribution in [0.3, 0.4) is 0 Å². The van der Waals surface area contributed by atoms with Crippen LogP contribution in [0.2, 0.25) is 0 Å². The van der Waals surface area contributed by atoms with E-state index in [0.29, 0.717) is 19.6 Å². The summed E-state index contributed by atoms with van der Waals surface area (Å²) in [6.07, 6.45) is 0. The zero-order valence-corrected chi connectivity index (χ0v) is 14.7. The molecule has 0 bridgehead atoms. The molecule has 0 aromatic heterocycles. The molecule has 0 unspecified atom stereocenters. The Hall–Kier alpha value is -1.38. The third-order valence-electron chi connectivity index (χ3n) is 4.02. The summed E-state index contributed by atoms with van der Waals surface area (Å²) >= 11 is 0. The van der Waals surface area contributed by atoms with Gasteiger partial charge in [0.15, 0.2) is 0 Å². The number of imide groups is 1. The van der Waals surface area contributed by atoms with Crippen LogP contribution in [0.1, 0.15) is 13.8 Å². The van der Waals surface area contributed by atoms with E-state index in [2.05, 4.69) is 10.6 Å². The van der Waals surface area contributed by atoms with Crippen molar-refractivity contribution in [2.24, 2.45) is 0 Å². The molecule has 2 fully saturated rings. The van der Waals surface area contributed by atoms with Gasteiger partial charge in [0.05, 0.1) is 6.54 Å². The maximum atomic E-state index is 12.1. The summed E-state index contributed by atoms with van der Waals surface area (Å²) in [7, 11) is 1.82. The molecule has 2 saturated heterocycles. The highest BCUT2D eigenvalue weighted by atomic mass is 35.5. The number of likely N-dealkylation sites (N-methyl/N-ethyl adjacent to an activating group) is 1. The number of halogens is 1. The summed E-state index contributed by atoms with van der Waals surface area (Å²) in [5.41, 5.74) is -0.841. The second kappa shape index (κ2) is 7.94. The smallest absolute Gasteiger partial charge is 0.325 e. The summed E-state index contributed by atoms with van der Waals surface area (Å²) < 4.78 is 0. The van der Waals surface area contributed by atoms with Gasteiger partial charge in [0.2, 0.25) is 5.91 Å². The first-order valence-electron chi connectivity index (χ1n) is 7.62. The van der Waals surface area contributed by atoms with Crippen LogP contribution >= 0.6 is 12.4 Å². The highest BCUT2D eigenvalue weighted by Gasteiger charge is 2.43. The van der Waals surface area contributed by atoms with E-state index in [1.54, 1.807) is 13.8 Å². The van der Waals surface area contributed by atoms with Gasteiger partial charge in [0, 0.05) is 39.3 Å². The Labute approximate surface area is 142 Å². The minimum Gasteiger partial charge on any atom is -0.339 e. The zero-order chi connectivity index (χ0) is 16.3. The van der Waals surface area contributed by atoms with Gasteiger partial charge in [0.1, 0.15) is 5.54 Å². The summed E-state index contributed by atoms with van der Waals surface area (Å²) in [5.74, 6) is -0.138. The van der Waals surface area contributed by atoms with Gasteiger partial charge < -0.3 is 15.5 Å². The standard InChI is InChI=1S/C14H25N5O3.ClH/c1-14(2)12(21)19(13(22)16-14)9-8-17(3)10-11(20)18-6-4-15-5-7-18;/h15H,4-10H2,1-3H3,(H,16,22);1H. The van der Waals surface area contributed by atoms with Gasteiger partial charge in [-0.2, -0.15) is 0 Å². The lowest BCUT2D eigenvalue weighted by atomic mass is 10.1. The Morgan fingerprint density at radius 1 is 1.26 bits per heavy atom. The van der Waals surface area contributed by atoms with Crippen molar-refractivity contribution < 1.29 is 14.4 Å². The Kier molecular flexibility index (Phi) is 6.79. The first kappa shape index (κ1) is 19.7. The van der Waals surface area contributed by atoms with Crippen molar-refractivity contribution in [3.63, 3.8) is 0 Å². The van der Waals surface area contributed by atoms with Crippen LogP contribution in [-0.2, 0) is 9.59 Å². The van der Waals surface area contributed by atoms with Crippen LogP contribution in [0.25, 0.3) is 0 Å². The van der Waals surface area contributed by atoms with E-state index in [9.17, 15) is 14.4 Å². The van der Waals surface area contributed by atoms with Crippen LogP contribution < -0.4 is 10.6 Å². The fourth-order valence-electron chi connectivity index (χ4n) is 2.62. The van der Waals surface area contributed by atoms with Crippen molar-refractivity contribution >= 4 is 30.3 Å². The molecule has 23 heavy (non-hydrogen) atoms. The molecular weight excluding hydrogens is 322 g/mol. The highest BCUT2D eigenvalue weighted by Crippen LogP contribution is 2.16. The molecule has 132 valence electrons. The maximum Gasteiger partial charge on any atom is 0.325 e. The molecule has 2 aliphatic rings. The number of rotatable bonds is 5. The summed E-state index contributed by atoms with van der Waals surface area (Å²) in [6.45, 7) is 7.55. The number of hydrogen-bond donors (Lipinski definition) is 2. The molecule has 0 aliphatic carbocycles. The molecule has 2 N–H and O–H groups in total. The van der Waals surface area contributed by atoms with Gasteiger partial charge in [-0.15, -0.1) is 12.4 Å². The minimum absolute atomic E-state index is 0. The Balaban J connectivity index is 0.00000264. The third kappa shape index (κ3) is 4.79. The molecule has 0 atom stereocenters. The number of urea groups is 1. The van der Waals surface area contributed by atoms with E-state index in [1.165, 1.54) is 4.90 Å². The molecule has 0 saturated carbocycles. The molecular formula is C14H26ClN5O3. The fourth-order valence-corrected chi connectivity index (χ4v) is 2.62. The minimum atomic E-state index is -0.841. The van der Waals surface area contributed by atoms with Crippen molar-refractivity contribution in [2.75, 3.05) is 52.9 Å². The quantitative estimate of drug-likeness (QED) is 0.630. The first-order valence-corrected chi connectivity index (χ1v) is 7.62. The van der Waals surface area contributed by atoms with E-state index >= 15 is 0 Å². The number of carbonyl (C=O) groups excluding carboxylic acids is 3. The summed E-state index contributed by atoms with van der Waals surface area (Å²) in [5, 5.41) is 5.85. The van der Waals surface area contributed by atoms with Crippen LogP contribution in [0, 0.1) is 0 Å². The van der Waals surface area contributed by atoms with Crippen molar-refractivity contribution in [1.82, 2.24) is 25.3 Å². The maximum absolute atomic E-state index is 12.1. The van der Waals surface area contributed by atoms with Crippen molar-refractivity contribution in [2.45, 2.75) is 19.4 Å². The van der Waals surface area contributed by atoms with Crippen molar-refractivity contribution in [1.29, 1.82) is 0 Å².